The Morgan fingerprint density at radius 2 is 1.69 bits per heavy atom. The summed E-state index contributed by atoms with van der Waals surface area (Å²) >= 11 is 0. The van der Waals surface area contributed by atoms with E-state index in [1.54, 1.807) is 11.0 Å². The molecule has 1 aliphatic heterocycles. The van der Waals surface area contributed by atoms with Gasteiger partial charge in [0.2, 0.25) is 0 Å². The van der Waals surface area contributed by atoms with Crippen molar-refractivity contribution in [1.82, 2.24) is 9.80 Å². The summed E-state index contributed by atoms with van der Waals surface area (Å²) < 4.78 is 47.5. The van der Waals surface area contributed by atoms with Crippen molar-refractivity contribution >= 4 is 6.09 Å². The number of aliphatic hydroxyl groups is 1. The fourth-order valence-electron chi connectivity index (χ4n) is 5.65. The fraction of sp³-hybridized carbons (Fsp3) is 0.567. The quantitative estimate of drug-likeness (QED) is 0.359. The van der Waals surface area contributed by atoms with Gasteiger partial charge in [-0.05, 0) is 48.1 Å². The number of alkyl halides is 3. The Kier molecular flexibility index (Phi) is 9.77. The molecule has 1 atom stereocenters. The van der Waals surface area contributed by atoms with Gasteiger partial charge in [-0.25, -0.2) is 4.79 Å². The largest absolute Gasteiger partial charge is 0.573 e. The van der Waals surface area contributed by atoms with Gasteiger partial charge >= 0.3 is 12.5 Å². The molecular weight excluding hydrogens is 509 g/mol. The van der Waals surface area contributed by atoms with E-state index < -0.39 is 12.0 Å². The zero-order valence-corrected chi connectivity index (χ0v) is 22.6. The second-order valence-electron chi connectivity index (χ2n) is 10.7. The van der Waals surface area contributed by atoms with Crippen LogP contribution in [0.25, 0.3) is 11.1 Å². The van der Waals surface area contributed by atoms with Crippen LogP contribution >= 0.6 is 0 Å². The average molecular weight is 549 g/mol. The average Bonchev–Trinajstić information content (AvgIpc) is 2.92. The predicted molar refractivity (Wildman–Crippen MR) is 144 cm³/mol. The molecule has 1 saturated carbocycles. The molecule has 0 bridgehead atoms. The molecule has 0 aromatic heterocycles. The van der Waals surface area contributed by atoms with Crippen molar-refractivity contribution in [3.63, 3.8) is 0 Å². The van der Waals surface area contributed by atoms with E-state index in [1.165, 1.54) is 18.2 Å². The molecule has 6 nitrogen and oxygen atoms in total. The zero-order chi connectivity index (χ0) is 27.9. The molecule has 1 saturated heterocycles. The smallest absolute Gasteiger partial charge is 0.449 e. The molecule has 0 radical (unpaired) electrons. The Hall–Kier alpha value is -2.78. The van der Waals surface area contributed by atoms with Gasteiger partial charge in [-0.15, -0.1) is 13.2 Å². The first-order valence-corrected chi connectivity index (χ1v) is 14.0. The minimum atomic E-state index is -4.74. The molecule has 2 fully saturated rings. The lowest BCUT2D eigenvalue weighted by molar-refractivity contribution is -0.274. The Morgan fingerprint density at radius 1 is 1.00 bits per heavy atom. The predicted octanol–water partition coefficient (Wildman–Crippen LogP) is 6.59. The van der Waals surface area contributed by atoms with Gasteiger partial charge in [0.05, 0.1) is 12.2 Å². The van der Waals surface area contributed by atoms with E-state index in [0.717, 1.165) is 56.1 Å². The molecular formula is C30H39F3N2O4. The van der Waals surface area contributed by atoms with Gasteiger partial charge in [-0.3, -0.25) is 4.90 Å². The molecule has 1 N–H and O–H groups in total. The summed E-state index contributed by atoms with van der Waals surface area (Å²) in [5.41, 5.74) is 1.58. The number of ether oxygens (including phenoxy) is 2. The summed E-state index contributed by atoms with van der Waals surface area (Å²) in [6.45, 7) is 5.77. The number of hydrogen-bond donors (Lipinski definition) is 1. The third-order valence-corrected chi connectivity index (χ3v) is 7.88. The minimum absolute atomic E-state index is 0.116. The summed E-state index contributed by atoms with van der Waals surface area (Å²) in [6.07, 6.45) is 1.38. The molecule has 2 aromatic carbocycles. The minimum Gasteiger partial charge on any atom is -0.449 e. The summed E-state index contributed by atoms with van der Waals surface area (Å²) in [5, 5.41) is 11.8. The molecule has 2 aromatic rings. The maximum Gasteiger partial charge on any atom is 0.573 e. The number of rotatable bonds is 9. The Labute approximate surface area is 228 Å². The standard InChI is InChI=1S/C30H39F3N2O4/c1-2-3-20-38-28(36)35-18-16-34(17-19-35)22-27(29(37)14-5-4-6-15-29)24-12-10-23(11-13-24)25-8-7-9-26(21-25)39-30(31,32)33/h7-13,21,27,37H,2-6,14-20,22H2,1H3. The lowest BCUT2D eigenvalue weighted by Crippen LogP contribution is -2.52. The van der Waals surface area contributed by atoms with Crippen LogP contribution < -0.4 is 4.74 Å². The number of piperazine rings is 1. The van der Waals surface area contributed by atoms with Crippen LogP contribution in [0.15, 0.2) is 48.5 Å². The van der Waals surface area contributed by atoms with E-state index in [1.807, 2.05) is 24.3 Å². The van der Waals surface area contributed by atoms with Crippen molar-refractivity contribution in [3.05, 3.63) is 54.1 Å². The maximum absolute atomic E-state index is 12.7. The number of nitrogens with zero attached hydrogens (tertiary/aromatic N) is 2. The van der Waals surface area contributed by atoms with Crippen molar-refractivity contribution in [2.24, 2.45) is 0 Å². The number of halogens is 3. The highest BCUT2D eigenvalue weighted by Crippen LogP contribution is 2.41. The first kappa shape index (κ1) is 29.2. The molecule has 214 valence electrons. The van der Waals surface area contributed by atoms with Crippen molar-refractivity contribution in [2.45, 2.75) is 69.8 Å². The first-order valence-electron chi connectivity index (χ1n) is 14.0. The zero-order valence-electron chi connectivity index (χ0n) is 22.6. The van der Waals surface area contributed by atoms with Gasteiger partial charge in [0.1, 0.15) is 5.75 Å². The Bertz CT molecular complexity index is 1060. The summed E-state index contributed by atoms with van der Waals surface area (Å²) in [6, 6.07) is 13.7. The second kappa shape index (κ2) is 13.0. The Morgan fingerprint density at radius 3 is 2.33 bits per heavy atom. The lowest BCUT2D eigenvalue weighted by Gasteiger charge is -2.43. The molecule has 39 heavy (non-hydrogen) atoms. The highest BCUT2D eigenvalue weighted by molar-refractivity contribution is 5.67. The normalized spacial score (nSPS) is 18.9. The number of unbranched alkanes of at least 4 members (excludes halogenated alkanes) is 1. The number of benzene rings is 2. The molecule has 2 aliphatic rings. The molecule has 1 amide bonds. The van der Waals surface area contributed by atoms with Crippen molar-refractivity contribution < 1.29 is 32.5 Å². The fourth-order valence-corrected chi connectivity index (χ4v) is 5.65. The second-order valence-corrected chi connectivity index (χ2v) is 10.7. The van der Waals surface area contributed by atoms with E-state index in [0.29, 0.717) is 44.9 Å². The van der Waals surface area contributed by atoms with E-state index in [4.69, 9.17) is 4.74 Å². The van der Waals surface area contributed by atoms with E-state index in [9.17, 15) is 23.1 Å². The van der Waals surface area contributed by atoms with Gasteiger partial charge in [0, 0.05) is 38.6 Å². The van der Waals surface area contributed by atoms with Crippen molar-refractivity contribution in [2.75, 3.05) is 39.3 Å². The number of carbonyl (C=O) groups excluding carboxylic acids is 1. The molecule has 9 heteroatoms. The third kappa shape index (κ3) is 8.11. The maximum atomic E-state index is 12.7. The van der Waals surface area contributed by atoms with Crippen LogP contribution in [0.4, 0.5) is 18.0 Å². The van der Waals surface area contributed by atoms with Crippen LogP contribution in [0.3, 0.4) is 0 Å². The van der Waals surface area contributed by atoms with Crippen molar-refractivity contribution in [1.29, 1.82) is 0 Å². The van der Waals surface area contributed by atoms with E-state index in [2.05, 4.69) is 16.6 Å². The first-order chi connectivity index (χ1) is 18.7. The van der Waals surface area contributed by atoms with Gasteiger partial charge < -0.3 is 19.5 Å². The van der Waals surface area contributed by atoms with Crippen LogP contribution in [-0.4, -0.2) is 72.3 Å². The van der Waals surface area contributed by atoms with Gasteiger partial charge in [-0.2, -0.15) is 0 Å². The van der Waals surface area contributed by atoms with Gasteiger partial charge in [0.25, 0.3) is 0 Å². The molecule has 4 rings (SSSR count). The summed E-state index contributed by atoms with van der Waals surface area (Å²) in [5.74, 6) is -0.373. The molecule has 1 heterocycles. The summed E-state index contributed by atoms with van der Waals surface area (Å²) in [7, 11) is 0. The highest BCUT2D eigenvalue weighted by Gasteiger charge is 2.40. The lowest BCUT2D eigenvalue weighted by atomic mass is 9.72. The SMILES string of the molecule is CCCCOC(=O)N1CCN(CC(c2ccc(-c3cccc(OC(F)(F)F)c3)cc2)C2(O)CCCCC2)CC1. The van der Waals surface area contributed by atoms with Crippen LogP contribution in [0.1, 0.15) is 63.4 Å². The van der Waals surface area contributed by atoms with Crippen LogP contribution in [0, 0.1) is 0 Å². The summed E-state index contributed by atoms with van der Waals surface area (Å²) in [4.78, 5) is 16.4. The molecule has 1 unspecified atom stereocenters. The monoisotopic (exact) mass is 548 g/mol. The molecule has 1 aliphatic carbocycles. The van der Waals surface area contributed by atoms with E-state index in [-0.39, 0.29) is 17.8 Å². The van der Waals surface area contributed by atoms with Crippen molar-refractivity contribution in [3.8, 4) is 16.9 Å². The number of carbonyl (C=O) groups is 1. The molecule has 0 spiro atoms. The number of hydrogen-bond acceptors (Lipinski definition) is 5. The topological polar surface area (TPSA) is 62.2 Å². The van der Waals surface area contributed by atoms with E-state index >= 15 is 0 Å². The van der Waals surface area contributed by atoms with Crippen LogP contribution in [-0.2, 0) is 4.74 Å². The van der Waals surface area contributed by atoms with Crippen LogP contribution in [0.5, 0.6) is 5.75 Å². The van der Waals surface area contributed by atoms with Gasteiger partial charge in [0.15, 0.2) is 0 Å². The Balaban J connectivity index is 1.46. The number of amides is 1. The highest BCUT2D eigenvalue weighted by atomic mass is 19.4. The van der Waals surface area contributed by atoms with Gasteiger partial charge in [-0.1, -0.05) is 69.0 Å². The van der Waals surface area contributed by atoms with Crippen LogP contribution in [0.2, 0.25) is 0 Å². The third-order valence-electron chi connectivity index (χ3n) is 7.88.